The Hall–Kier alpha value is -2.75. The molecule has 0 bridgehead atoms. The molecule has 0 saturated heterocycles. The normalized spacial score (nSPS) is 12.3. The molecule has 0 fully saturated rings. The van der Waals surface area contributed by atoms with Gasteiger partial charge in [0.1, 0.15) is 11.9 Å². The number of rotatable bonds is 6. The second kappa shape index (κ2) is 10.8. The minimum Gasteiger partial charge on any atom is -0.545 e. The first-order chi connectivity index (χ1) is 17.5. The molecule has 38 heavy (non-hydrogen) atoms. The number of nitrogens with zero attached hydrogens (tertiary/aromatic N) is 1. The van der Waals surface area contributed by atoms with Gasteiger partial charge in [0, 0.05) is 16.5 Å². The molecule has 188 valence electrons. The van der Waals surface area contributed by atoms with Gasteiger partial charge in [0.25, 0.3) is 0 Å². The number of carbonyl (C=O) groups is 1. The van der Waals surface area contributed by atoms with Crippen LogP contribution in [0.5, 0.6) is 5.75 Å². The molecule has 0 unspecified atom stereocenters. The molecule has 5 rings (SSSR count). The Balaban J connectivity index is 0.00000336. The maximum Gasteiger partial charge on any atom is 1.00 e. The first-order valence-corrected chi connectivity index (χ1v) is 14.4. The zero-order valence-electron chi connectivity index (χ0n) is 21.7. The van der Waals surface area contributed by atoms with Crippen LogP contribution in [0.4, 0.5) is 0 Å². The zero-order chi connectivity index (χ0) is 26.5. The molecule has 0 saturated carbocycles. The Morgan fingerprint density at radius 2 is 1.71 bits per heavy atom. The van der Waals surface area contributed by atoms with E-state index in [4.69, 9.17) is 9.72 Å². The van der Waals surface area contributed by atoms with Crippen molar-refractivity contribution in [3.05, 3.63) is 89.0 Å². The monoisotopic (exact) mass is 553 g/mol. The number of sulfone groups is 1. The number of benzene rings is 3. The first kappa shape index (κ1) is 28.3. The van der Waals surface area contributed by atoms with Gasteiger partial charge >= 0.3 is 29.6 Å². The van der Waals surface area contributed by atoms with Crippen molar-refractivity contribution in [1.29, 1.82) is 0 Å². The van der Waals surface area contributed by atoms with Crippen molar-refractivity contribution >= 4 is 48.1 Å². The summed E-state index contributed by atoms with van der Waals surface area (Å²) in [5.41, 5.74) is 3.74. The van der Waals surface area contributed by atoms with E-state index in [0.717, 1.165) is 37.9 Å². The van der Waals surface area contributed by atoms with Crippen molar-refractivity contribution in [1.82, 2.24) is 4.98 Å². The number of carbonyl (C=O) groups excluding carboxylic acids is 1. The molecule has 1 atom stereocenters. The molecule has 0 radical (unpaired) electrons. The number of pyridine rings is 1. The van der Waals surface area contributed by atoms with Crippen molar-refractivity contribution in [3.63, 3.8) is 0 Å². The molecule has 2 aromatic heterocycles. The third-order valence-corrected chi connectivity index (χ3v) is 8.93. The van der Waals surface area contributed by atoms with Crippen LogP contribution in [0.2, 0.25) is 0 Å². The number of carboxylic acids is 1. The van der Waals surface area contributed by atoms with Gasteiger partial charge < -0.3 is 14.6 Å². The molecule has 6 nitrogen and oxygen atoms in total. The number of fused-ring (bicyclic) bond motifs is 2. The summed E-state index contributed by atoms with van der Waals surface area (Å²) in [6, 6.07) is 19.6. The van der Waals surface area contributed by atoms with E-state index in [1.54, 1.807) is 35.6 Å². The van der Waals surface area contributed by atoms with Crippen LogP contribution in [0.15, 0.2) is 71.6 Å². The van der Waals surface area contributed by atoms with Crippen LogP contribution < -0.4 is 39.4 Å². The molecule has 5 aromatic rings. The molecule has 0 amide bonds. The van der Waals surface area contributed by atoms with Crippen LogP contribution in [0.3, 0.4) is 0 Å². The van der Waals surface area contributed by atoms with Gasteiger partial charge in [0.2, 0.25) is 0 Å². The third kappa shape index (κ3) is 5.24. The predicted molar refractivity (Wildman–Crippen MR) is 145 cm³/mol. The van der Waals surface area contributed by atoms with E-state index >= 15 is 0 Å². The van der Waals surface area contributed by atoms with E-state index in [1.165, 1.54) is 12.1 Å². The first-order valence-electron chi connectivity index (χ1n) is 11.7. The van der Waals surface area contributed by atoms with Crippen LogP contribution in [0.1, 0.15) is 40.1 Å². The largest absolute Gasteiger partial charge is 1.00 e. The molecular weight excluding hydrogens is 529 g/mol. The summed E-state index contributed by atoms with van der Waals surface area (Å²) in [4.78, 5) is 18.4. The number of aryl methyl sites for hydroxylation is 2. The van der Waals surface area contributed by atoms with Gasteiger partial charge in [-0.1, -0.05) is 36.4 Å². The van der Waals surface area contributed by atoms with Gasteiger partial charge in [-0.05, 0) is 73.2 Å². The summed E-state index contributed by atoms with van der Waals surface area (Å²) in [5, 5.41) is 13.9. The van der Waals surface area contributed by atoms with Crippen LogP contribution in [0.25, 0.3) is 31.6 Å². The Morgan fingerprint density at radius 1 is 1.03 bits per heavy atom. The number of hydrogen-bond donors (Lipinski definition) is 0. The number of carboxylic acid groups (broad SMARTS) is 1. The fraction of sp³-hybridized carbons (Fsp3) is 0.172. The molecular formula is C29H24NNaO5S2. The van der Waals surface area contributed by atoms with E-state index in [1.807, 2.05) is 51.1 Å². The smallest absolute Gasteiger partial charge is 0.545 e. The van der Waals surface area contributed by atoms with Crippen LogP contribution in [-0.2, 0) is 9.84 Å². The minimum atomic E-state index is -3.31. The molecule has 0 N–H and O–H groups in total. The van der Waals surface area contributed by atoms with Crippen molar-refractivity contribution in [2.75, 3.05) is 6.26 Å². The van der Waals surface area contributed by atoms with Gasteiger partial charge in [-0.15, -0.1) is 11.3 Å². The molecule has 0 aliphatic rings. The maximum absolute atomic E-state index is 12.4. The number of aromatic carboxylic acids is 1. The summed E-state index contributed by atoms with van der Waals surface area (Å²) in [6.07, 6.45) is 0.683. The molecule has 0 spiro atoms. The number of hydrogen-bond acceptors (Lipinski definition) is 7. The van der Waals surface area contributed by atoms with E-state index in [9.17, 15) is 18.3 Å². The number of aromatic nitrogens is 1. The van der Waals surface area contributed by atoms with Crippen LogP contribution in [0, 0.1) is 13.8 Å². The second-order valence-electron chi connectivity index (χ2n) is 9.10. The van der Waals surface area contributed by atoms with Crippen molar-refractivity contribution in [2.24, 2.45) is 0 Å². The summed E-state index contributed by atoms with van der Waals surface area (Å²) in [7, 11) is -3.31. The summed E-state index contributed by atoms with van der Waals surface area (Å²) >= 11 is 1.58. The summed E-state index contributed by atoms with van der Waals surface area (Å²) in [5.74, 6) is -0.945. The van der Waals surface area contributed by atoms with Gasteiger partial charge in [-0.3, -0.25) is 0 Å². The van der Waals surface area contributed by atoms with E-state index in [-0.39, 0.29) is 40.0 Å². The fourth-order valence-electron chi connectivity index (χ4n) is 4.48. The summed E-state index contributed by atoms with van der Waals surface area (Å²) < 4.78 is 30.9. The van der Waals surface area contributed by atoms with Crippen LogP contribution in [-0.4, -0.2) is 25.6 Å². The third-order valence-electron chi connectivity index (χ3n) is 6.50. The van der Waals surface area contributed by atoms with E-state index < -0.39 is 21.9 Å². The van der Waals surface area contributed by atoms with Gasteiger partial charge in [0.05, 0.1) is 32.3 Å². The standard InChI is InChI=1S/C29H25NO5S2.Na/c1-16-9-14-24(35-18(3)19-10-12-20(13-11-19)37(4,33)34)26-22(29(31)32)15-23(30-27(16)26)28-17(2)21-7-5-6-8-25(21)36-28;/h5-15,18H,1-4H3,(H,31,32);/q;+1/p-1/t18-;/m0./s1. The Labute approximate surface area is 247 Å². The average Bonchev–Trinajstić information content (AvgIpc) is 3.21. The average molecular weight is 554 g/mol. The van der Waals surface area contributed by atoms with E-state index in [0.29, 0.717) is 22.3 Å². The maximum atomic E-state index is 12.4. The molecule has 2 heterocycles. The van der Waals surface area contributed by atoms with E-state index in [2.05, 4.69) is 0 Å². The quantitative estimate of drug-likeness (QED) is 0.300. The second-order valence-corrected chi connectivity index (χ2v) is 12.2. The van der Waals surface area contributed by atoms with Crippen molar-refractivity contribution in [2.45, 2.75) is 31.8 Å². The Kier molecular flexibility index (Phi) is 8.02. The Morgan fingerprint density at radius 3 is 2.34 bits per heavy atom. The number of thiophene rings is 1. The predicted octanol–water partition coefficient (Wildman–Crippen LogP) is 2.64. The van der Waals surface area contributed by atoms with Gasteiger partial charge in [-0.2, -0.15) is 0 Å². The Bertz CT molecular complexity index is 1790. The fourth-order valence-corrected chi connectivity index (χ4v) is 6.28. The van der Waals surface area contributed by atoms with Gasteiger partial charge in [-0.25, -0.2) is 13.4 Å². The molecule has 9 heteroatoms. The SMILES string of the molecule is Cc1c(-c2cc(C(=O)[O-])c3c(O[C@@H](C)c4ccc(S(C)(=O)=O)cc4)ccc(C)c3n2)sc2ccccc12.[Na+]. The van der Waals surface area contributed by atoms with Crippen molar-refractivity contribution < 1.29 is 52.6 Å². The topological polar surface area (TPSA) is 96.4 Å². The van der Waals surface area contributed by atoms with Gasteiger partial charge in [0.15, 0.2) is 9.84 Å². The molecule has 3 aromatic carbocycles. The molecule has 0 aliphatic carbocycles. The van der Waals surface area contributed by atoms with Crippen LogP contribution >= 0.6 is 11.3 Å². The summed E-state index contributed by atoms with van der Waals surface area (Å²) in [6.45, 7) is 5.72. The number of ether oxygens (including phenoxy) is 1. The molecule has 0 aliphatic heterocycles. The van der Waals surface area contributed by atoms with Crippen molar-refractivity contribution in [3.8, 4) is 16.3 Å². The minimum absolute atomic E-state index is 0. The zero-order valence-corrected chi connectivity index (χ0v) is 25.4.